The molecule has 0 rings (SSSR count). The Balaban J connectivity index is 4.28. The highest BCUT2D eigenvalue weighted by atomic mass is 31.2. The standard InChI is InChI=1S/C43H84NO9P/c1-4-6-8-10-12-14-16-18-20-22-24-26-28-30-32-34-42(46)50-38-41(39-52-54(48,49)51-37-36-44-40(3)45)53-43(47)35-33-31-29-27-25-23-21-19-17-15-13-11-9-7-5-2/h41H,4-39H2,1-3H3,(H,44,45)(H,48,49). The highest BCUT2D eigenvalue weighted by Crippen LogP contribution is 2.43. The van der Waals surface area contributed by atoms with E-state index in [-0.39, 0.29) is 38.5 Å². The van der Waals surface area contributed by atoms with Gasteiger partial charge in [-0.2, -0.15) is 0 Å². The molecule has 2 atom stereocenters. The summed E-state index contributed by atoms with van der Waals surface area (Å²) in [7, 11) is -4.48. The fourth-order valence-electron chi connectivity index (χ4n) is 6.50. The van der Waals surface area contributed by atoms with Crippen molar-refractivity contribution in [2.45, 2.75) is 232 Å². The predicted octanol–water partition coefficient (Wildman–Crippen LogP) is 12.2. The molecule has 54 heavy (non-hydrogen) atoms. The summed E-state index contributed by atoms with van der Waals surface area (Å²) in [5, 5.41) is 2.46. The molecule has 0 aromatic carbocycles. The summed E-state index contributed by atoms with van der Waals surface area (Å²) in [6.07, 6.45) is 36.5. The van der Waals surface area contributed by atoms with Gasteiger partial charge < -0.3 is 19.7 Å². The van der Waals surface area contributed by atoms with E-state index in [2.05, 4.69) is 19.2 Å². The predicted molar refractivity (Wildman–Crippen MR) is 220 cm³/mol. The molecular formula is C43H84NO9P. The number of amides is 1. The van der Waals surface area contributed by atoms with E-state index in [4.69, 9.17) is 18.5 Å². The fourth-order valence-corrected chi connectivity index (χ4v) is 7.25. The van der Waals surface area contributed by atoms with Gasteiger partial charge >= 0.3 is 19.8 Å². The van der Waals surface area contributed by atoms with Crippen LogP contribution in [0.3, 0.4) is 0 Å². The van der Waals surface area contributed by atoms with Gasteiger partial charge in [-0.1, -0.05) is 194 Å². The number of esters is 2. The van der Waals surface area contributed by atoms with Crippen LogP contribution in [0.2, 0.25) is 0 Å². The number of unbranched alkanes of at least 4 members (excludes halogenated alkanes) is 28. The molecule has 0 aliphatic rings. The Morgan fingerprint density at radius 1 is 0.519 bits per heavy atom. The molecule has 0 spiro atoms. The van der Waals surface area contributed by atoms with Gasteiger partial charge in [0.2, 0.25) is 5.91 Å². The van der Waals surface area contributed by atoms with Gasteiger partial charge in [0.25, 0.3) is 0 Å². The molecule has 0 saturated carbocycles. The summed E-state index contributed by atoms with van der Waals surface area (Å²) in [5.41, 5.74) is 0. The molecule has 0 aliphatic carbocycles. The molecule has 10 nitrogen and oxygen atoms in total. The van der Waals surface area contributed by atoms with Crippen molar-refractivity contribution in [1.82, 2.24) is 5.32 Å². The molecule has 11 heteroatoms. The lowest BCUT2D eigenvalue weighted by atomic mass is 10.0. The van der Waals surface area contributed by atoms with Crippen LogP contribution < -0.4 is 5.32 Å². The first-order valence-corrected chi connectivity index (χ1v) is 23.9. The number of phosphoric ester groups is 1. The Morgan fingerprint density at radius 2 is 0.870 bits per heavy atom. The Labute approximate surface area is 331 Å². The third kappa shape index (κ3) is 40.2. The summed E-state index contributed by atoms with van der Waals surface area (Å²) < 4.78 is 33.2. The van der Waals surface area contributed by atoms with E-state index >= 15 is 0 Å². The van der Waals surface area contributed by atoms with E-state index < -0.39 is 32.5 Å². The minimum absolute atomic E-state index is 0.0395. The number of ether oxygens (including phenoxy) is 2. The number of phosphoric acid groups is 1. The minimum atomic E-state index is -4.48. The number of hydrogen-bond donors (Lipinski definition) is 2. The van der Waals surface area contributed by atoms with Gasteiger partial charge in [0.05, 0.1) is 13.2 Å². The average Bonchev–Trinajstić information content (AvgIpc) is 3.14. The third-order valence-electron chi connectivity index (χ3n) is 9.85. The number of carbonyl (C=O) groups excluding carboxylic acids is 3. The number of carbonyl (C=O) groups is 3. The van der Waals surface area contributed by atoms with Crippen molar-refractivity contribution in [3.05, 3.63) is 0 Å². The lowest BCUT2D eigenvalue weighted by Gasteiger charge is -2.20. The maximum atomic E-state index is 12.6. The molecule has 320 valence electrons. The second kappa shape index (κ2) is 39.7. The summed E-state index contributed by atoms with van der Waals surface area (Å²) in [6.45, 7) is 4.91. The molecule has 0 heterocycles. The molecule has 0 radical (unpaired) electrons. The highest BCUT2D eigenvalue weighted by molar-refractivity contribution is 7.47. The van der Waals surface area contributed by atoms with Gasteiger partial charge in [0.15, 0.2) is 6.10 Å². The van der Waals surface area contributed by atoms with Crippen LogP contribution in [0.5, 0.6) is 0 Å². The van der Waals surface area contributed by atoms with E-state index in [0.717, 1.165) is 38.5 Å². The quantitative estimate of drug-likeness (QED) is 0.0351. The van der Waals surface area contributed by atoms with Crippen LogP contribution >= 0.6 is 7.82 Å². The van der Waals surface area contributed by atoms with Gasteiger partial charge in [0, 0.05) is 26.3 Å². The topological polar surface area (TPSA) is 137 Å². The van der Waals surface area contributed by atoms with E-state index in [1.54, 1.807) is 0 Å². The van der Waals surface area contributed by atoms with Crippen LogP contribution in [-0.4, -0.2) is 55.2 Å². The van der Waals surface area contributed by atoms with Crippen LogP contribution in [0.25, 0.3) is 0 Å². The molecule has 0 fully saturated rings. The molecule has 0 aliphatic heterocycles. The minimum Gasteiger partial charge on any atom is -0.462 e. The van der Waals surface area contributed by atoms with Gasteiger partial charge in [-0.3, -0.25) is 23.4 Å². The van der Waals surface area contributed by atoms with Crippen LogP contribution in [0.4, 0.5) is 0 Å². The largest absolute Gasteiger partial charge is 0.472 e. The molecule has 2 N–H and O–H groups in total. The summed E-state index contributed by atoms with van der Waals surface area (Å²) >= 11 is 0. The zero-order valence-corrected chi connectivity index (χ0v) is 36.1. The Hall–Kier alpha value is -1.48. The van der Waals surface area contributed by atoms with E-state index in [1.807, 2.05) is 0 Å². The molecular weight excluding hydrogens is 705 g/mol. The monoisotopic (exact) mass is 790 g/mol. The third-order valence-corrected chi connectivity index (χ3v) is 10.8. The maximum absolute atomic E-state index is 12.6. The van der Waals surface area contributed by atoms with E-state index in [1.165, 1.54) is 155 Å². The van der Waals surface area contributed by atoms with Crippen LogP contribution in [0.15, 0.2) is 0 Å². The van der Waals surface area contributed by atoms with Crippen LogP contribution in [0, 0.1) is 0 Å². The van der Waals surface area contributed by atoms with E-state index in [0.29, 0.717) is 6.42 Å². The summed E-state index contributed by atoms with van der Waals surface area (Å²) in [6, 6.07) is 0. The first kappa shape index (κ1) is 52.5. The summed E-state index contributed by atoms with van der Waals surface area (Å²) in [4.78, 5) is 46.2. The van der Waals surface area contributed by atoms with Crippen LogP contribution in [0.1, 0.15) is 226 Å². The van der Waals surface area contributed by atoms with Crippen molar-refractivity contribution in [3.63, 3.8) is 0 Å². The molecule has 0 aromatic heterocycles. The fraction of sp³-hybridized carbons (Fsp3) is 0.930. The van der Waals surface area contributed by atoms with Crippen LogP contribution in [-0.2, 0) is 37.5 Å². The second-order valence-corrected chi connectivity index (χ2v) is 16.7. The van der Waals surface area contributed by atoms with Gasteiger partial charge in [-0.25, -0.2) is 4.57 Å². The van der Waals surface area contributed by atoms with Crippen molar-refractivity contribution >= 4 is 25.7 Å². The molecule has 0 bridgehead atoms. The number of hydrogen-bond acceptors (Lipinski definition) is 8. The number of rotatable bonds is 42. The van der Waals surface area contributed by atoms with Gasteiger partial charge in [-0.05, 0) is 12.8 Å². The molecule has 0 aromatic rings. The summed E-state index contributed by atoms with van der Waals surface area (Å²) in [5.74, 6) is -1.15. The Morgan fingerprint density at radius 3 is 1.24 bits per heavy atom. The van der Waals surface area contributed by atoms with E-state index in [9.17, 15) is 23.8 Å². The smallest absolute Gasteiger partial charge is 0.462 e. The molecule has 0 saturated heterocycles. The molecule has 2 unspecified atom stereocenters. The Kier molecular flexibility index (Phi) is 38.7. The normalized spacial score (nSPS) is 13.0. The average molecular weight is 790 g/mol. The lowest BCUT2D eigenvalue weighted by Crippen LogP contribution is -2.30. The highest BCUT2D eigenvalue weighted by Gasteiger charge is 2.26. The van der Waals surface area contributed by atoms with Crippen molar-refractivity contribution < 1.29 is 42.4 Å². The Bertz CT molecular complexity index is 919. The van der Waals surface area contributed by atoms with Crippen molar-refractivity contribution in [2.75, 3.05) is 26.4 Å². The van der Waals surface area contributed by atoms with Gasteiger partial charge in [-0.15, -0.1) is 0 Å². The zero-order valence-electron chi connectivity index (χ0n) is 35.2. The van der Waals surface area contributed by atoms with Crippen molar-refractivity contribution in [1.29, 1.82) is 0 Å². The zero-order chi connectivity index (χ0) is 39.8. The lowest BCUT2D eigenvalue weighted by molar-refractivity contribution is -0.161. The SMILES string of the molecule is CCCCCCCCCCCCCCCCCC(=O)OCC(COP(=O)(O)OCCNC(C)=O)OC(=O)CCCCCCCCCCCCCCCCC. The number of nitrogens with one attached hydrogen (secondary N) is 1. The first-order chi connectivity index (χ1) is 26.2. The first-order valence-electron chi connectivity index (χ1n) is 22.4. The van der Waals surface area contributed by atoms with Crippen molar-refractivity contribution in [3.8, 4) is 0 Å². The van der Waals surface area contributed by atoms with Crippen molar-refractivity contribution in [2.24, 2.45) is 0 Å². The van der Waals surface area contributed by atoms with Gasteiger partial charge in [0.1, 0.15) is 6.61 Å². The maximum Gasteiger partial charge on any atom is 0.472 e. The second-order valence-electron chi connectivity index (χ2n) is 15.3. The molecule has 1 amide bonds.